The second-order valence-corrected chi connectivity index (χ2v) is 11.0. The summed E-state index contributed by atoms with van der Waals surface area (Å²) in [6, 6.07) is 10.6. The summed E-state index contributed by atoms with van der Waals surface area (Å²) in [5.74, 6) is -2.16. The Morgan fingerprint density at radius 3 is 2.19 bits per heavy atom. The van der Waals surface area contributed by atoms with Gasteiger partial charge in [-0.1, -0.05) is 44.2 Å². The van der Waals surface area contributed by atoms with Crippen molar-refractivity contribution in [1.29, 1.82) is 0 Å². The molecule has 0 spiro atoms. The van der Waals surface area contributed by atoms with Gasteiger partial charge in [-0.05, 0) is 68.7 Å². The molecular formula is C31H39ClN4O6. The number of aromatic hydroxyl groups is 1. The molecule has 4 rings (SSSR count). The van der Waals surface area contributed by atoms with E-state index in [9.17, 15) is 29.4 Å². The number of likely N-dealkylation sites (tertiary alicyclic amines) is 1. The van der Waals surface area contributed by atoms with Crippen LogP contribution < -0.4 is 11.1 Å². The SMILES string of the molecule is CCCCCCC(NC(C)=O)(C(=O)O)c1c(C)n(C(=O)c2ccc(Cl)cc2)c2ccc(O)cc12.NC(=O)N1CCCC1. The smallest absolute Gasteiger partial charge is 0.334 e. The maximum absolute atomic E-state index is 13.5. The Morgan fingerprint density at radius 1 is 1.02 bits per heavy atom. The van der Waals surface area contributed by atoms with Gasteiger partial charge in [0.05, 0.1) is 5.52 Å². The number of benzene rings is 2. The Kier molecular flexibility index (Phi) is 11.0. The summed E-state index contributed by atoms with van der Waals surface area (Å²) in [4.78, 5) is 50.6. The molecule has 1 unspecified atom stereocenters. The third kappa shape index (κ3) is 7.23. The number of phenolic OH excluding ortho intramolecular Hbond substituents is 1. The fourth-order valence-corrected chi connectivity index (χ4v) is 5.63. The van der Waals surface area contributed by atoms with Crippen LogP contribution in [0.25, 0.3) is 10.9 Å². The van der Waals surface area contributed by atoms with E-state index >= 15 is 0 Å². The predicted octanol–water partition coefficient (Wildman–Crippen LogP) is 5.54. The van der Waals surface area contributed by atoms with Crippen LogP contribution in [0, 0.1) is 6.92 Å². The largest absolute Gasteiger partial charge is 0.508 e. The molecule has 1 saturated heterocycles. The molecule has 5 N–H and O–H groups in total. The van der Waals surface area contributed by atoms with Gasteiger partial charge in [-0.15, -0.1) is 0 Å². The van der Waals surface area contributed by atoms with Crippen molar-refractivity contribution in [2.75, 3.05) is 13.1 Å². The summed E-state index contributed by atoms with van der Waals surface area (Å²) >= 11 is 5.97. The molecule has 42 heavy (non-hydrogen) atoms. The highest BCUT2D eigenvalue weighted by Gasteiger charge is 2.45. The minimum Gasteiger partial charge on any atom is -0.508 e. The number of carboxylic acids is 1. The number of carbonyl (C=O) groups is 4. The number of nitrogens with one attached hydrogen (secondary N) is 1. The van der Waals surface area contributed by atoms with Gasteiger partial charge < -0.3 is 26.2 Å². The molecule has 10 nitrogen and oxygen atoms in total. The number of fused-ring (bicyclic) bond motifs is 1. The van der Waals surface area contributed by atoms with Gasteiger partial charge in [0, 0.05) is 47.2 Å². The third-order valence-electron chi connectivity index (χ3n) is 7.49. The highest BCUT2D eigenvalue weighted by molar-refractivity contribution is 6.30. The maximum Gasteiger partial charge on any atom is 0.334 e. The van der Waals surface area contributed by atoms with Gasteiger partial charge in [0.25, 0.3) is 5.91 Å². The van der Waals surface area contributed by atoms with E-state index in [1.165, 1.54) is 23.6 Å². The lowest BCUT2D eigenvalue weighted by Gasteiger charge is -2.31. The molecule has 226 valence electrons. The van der Waals surface area contributed by atoms with E-state index < -0.39 is 17.4 Å². The van der Waals surface area contributed by atoms with Gasteiger partial charge in [0.1, 0.15) is 5.75 Å². The van der Waals surface area contributed by atoms with Crippen LogP contribution in [0.2, 0.25) is 5.02 Å². The van der Waals surface area contributed by atoms with Crippen molar-refractivity contribution >= 4 is 46.3 Å². The third-order valence-corrected chi connectivity index (χ3v) is 7.74. The first-order valence-electron chi connectivity index (χ1n) is 14.1. The number of carbonyl (C=O) groups excluding carboxylic acids is 3. The van der Waals surface area contributed by atoms with Crippen LogP contribution in [-0.4, -0.2) is 56.6 Å². The standard InChI is InChI=1S/C26H29ClN2O5.C5H10N2O/c1-4-5-6-7-14-26(25(33)34,28-17(3)30)23-16(2)29(22-13-12-20(31)15-21(22)23)24(32)18-8-10-19(27)11-9-18;6-5(8)7-3-1-2-4-7/h8-13,15,31H,4-7,14H2,1-3H3,(H,28,30)(H,33,34);1-4H2,(H2,6,8). The molecule has 1 aliphatic rings. The topological polar surface area (TPSA) is 155 Å². The van der Waals surface area contributed by atoms with Gasteiger partial charge >= 0.3 is 12.0 Å². The highest BCUT2D eigenvalue weighted by atomic mass is 35.5. The number of urea groups is 1. The molecule has 0 saturated carbocycles. The Labute approximate surface area is 250 Å². The summed E-state index contributed by atoms with van der Waals surface area (Å²) in [7, 11) is 0. The van der Waals surface area contributed by atoms with E-state index in [-0.39, 0.29) is 24.1 Å². The van der Waals surface area contributed by atoms with Crippen molar-refractivity contribution in [3.8, 4) is 5.75 Å². The number of nitrogens with zero attached hydrogens (tertiary/aromatic N) is 2. The first-order chi connectivity index (χ1) is 19.9. The van der Waals surface area contributed by atoms with E-state index in [1.807, 2.05) is 0 Å². The van der Waals surface area contributed by atoms with Crippen LogP contribution in [0.3, 0.4) is 0 Å². The highest BCUT2D eigenvalue weighted by Crippen LogP contribution is 2.40. The number of hydrogen-bond donors (Lipinski definition) is 4. The zero-order valence-corrected chi connectivity index (χ0v) is 25.0. The van der Waals surface area contributed by atoms with E-state index in [0.29, 0.717) is 39.2 Å². The molecule has 1 atom stereocenters. The lowest BCUT2D eigenvalue weighted by atomic mass is 9.82. The van der Waals surface area contributed by atoms with Crippen LogP contribution in [-0.2, 0) is 15.1 Å². The summed E-state index contributed by atoms with van der Waals surface area (Å²) < 4.78 is 1.43. The number of hydrogen-bond acceptors (Lipinski definition) is 5. The summed E-state index contributed by atoms with van der Waals surface area (Å²) in [6.45, 7) is 6.70. The van der Waals surface area contributed by atoms with E-state index in [1.54, 1.807) is 42.2 Å². The molecule has 0 radical (unpaired) electrons. The van der Waals surface area contributed by atoms with Gasteiger partial charge in [-0.3, -0.25) is 14.2 Å². The number of halogens is 1. The molecular weight excluding hydrogens is 560 g/mol. The number of aromatic nitrogens is 1. The monoisotopic (exact) mass is 598 g/mol. The Balaban J connectivity index is 0.000000521. The molecule has 11 heteroatoms. The molecule has 1 fully saturated rings. The zero-order valence-electron chi connectivity index (χ0n) is 24.3. The first kappa shape index (κ1) is 32.5. The quantitative estimate of drug-likeness (QED) is 0.237. The lowest BCUT2D eigenvalue weighted by molar-refractivity contribution is -0.148. The van der Waals surface area contributed by atoms with Crippen LogP contribution in [0.15, 0.2) is 42.5 Å². The molecule has 0 bridgehead atoms. The number of rotatable bonds is 9. The first-order valence-corrected chi connectivity index (χ1v) is 14.5. The summed E-state index contributed by atoms with van der Waals surface area (Å²) in [5, 5.41) is 24.2. The van der Waals surface area contributed by atoms with Gasteiger partial charge in [0.15, 0.2) is 5.54 Å². The second-order valence-electron chi connectivity index (χ2n) is 10.5. The molecule has 0 aliphatic carbocycles. The molecule has 2 heterocycles. The normalized spacial score (nSPS) is 14.1. The summed E-state index contributed by atoms with van der Waals surface area (Å²) in [5.41, 5.74) is 4.70. The Bertz CT molecular complexity index is 1450. The van der Waals surface area contributed by atoms with Crippen molar-refractivity contribution in [1.82, 2.24) is 14.8 Å². The number of nitrogens with two attached hydrogens (primary N) is 1. The average molecular weight is 599 g/mol. The van der Waals surface area contributed by atoms with Crippen LogP contribution >= 0.6 is 11.6 Å². The Hall–Kier alpha value is -4.05. The van der Waals surface area contributed by atoms with Gasteiger partial charge in [-0.25, -0.2) is 9.59 Å². The lowest BCUT2D eigenvalue weighted by Crippen LogP contribution is -2.51. The van der Waals surface area contributed by atoms with Crippen molar-refractivity contribution in [3.05, 3.63) is 64.3 Å². The molecule has 1 aromatic heterocycles. The Morgan fingerprint density at radius 2 is 1.67 bits per heavy atom. The summed E-state index contributed by atoms with van der Waals surface area (Å²) in [6.07, 6.45) is 5.65. The number of aliphatic carboxylic acids is 1. The zero-order chi connectivity index (χ0) is 31.0. The second kappa shape index (κ2) is 14.2. The van der Waals surface area contributed by atoms with Crippen LogP contribution in [0.1, 0.15) is 80.4 Å². The van der Waals surface area contributed by atoms with E-state index in [4.69, 9.17) is 17.3 Å². The fourth-order valence-electron chi connectivity index (χ4n) is 5.50. The number of amides is 3. The van der Waals surface area contributed by atoms with Gasteiger partial charge in [-0.2, -0.15) is 0 Å². The fraction of sp³-hybridized carbons (Fsp3) is 0.419. The minimum atomic E-state index is -1.76. The van der Waals surface area contributed by atoms with Crippen molar-refractivity contribution < 1.29 is 29.4 Å². The maximum atomic E-state index is 13.5. The van der Waals surface area contributed by atoms with Crippen molar-refractivity contribution in [3.63, 3.8) is 0 Å². The number of unbranched alkanes of at least 4 members (excludes halogenated alkanes) is 3. The number of carboxylic acid groups (broad SMARTS) is 1. The molecule has 3 aromatic rings. The number of phenols is 1. The number of primary amides is 1. The predicted molar refractivity (Wildman–Crippen MR) is 162 cm³/mol. The average Bonchev–Trinajstić information content (AvgIpc) is 3.57. The van der Waals surface area contributed by atoms with E-state index in [2.05, 4.69) is 12.2 Å². The van der Waals surface area contributed by atoms with Gasteiger partial charge in [0.2, 0.25) is 5.91 Å². The van der Waals surface area contributed by atoms with Crippen LogP contribution in [0.5, 0.6) is 5.75 Å². The molecule has 2 aromatic carbocycles. The van der Waals surface area contributed by atoms with Crippen molar-refractivity contribution in [2.24, 2.45) is 5.73 Å². The van der Waals surface area contributed by atoms with Crippen LogP contribution in [0.4, 0.5) is 4.79 Å². The minimum absolute atomic E-state index is 0.0714. The van der Waals surface area contributed by atoms with E-state index in [0.717, 1.165) is 45.2 Å². The van der Waals surface area contributed by atoms with Crippen molar-refractivity contribution in [2.45, 2.75) is 71.3 Å². The molecule has 3 amide bonds. The molecule has 1 aliphatic heterocycles.